The third kappa shape index (κ3) is 4.13. The van der Waals surface area contributed by atoms with E-state index in [1.165, 1.54) is 0 Å². The molecule has 18 heavy (non-hydrogen) atoms. The Morgan fingerprint density at radius 3 is 2.39 bits per heavy atom. The zero-order valence-electron chi connectivity index (χ0n) is 10.4. The molecule has 1 atom stereocenters. The summed E-state index contributed by atoms with van der Waals surface area (Å²) in [6, 6.07) is -0.190. The molecule has 2 amide bonds. The summed E-state index contributed by atoms with van der Waals surface area (Å²) >= 11 is 0. The van der Waals surface area contributed by atoms with Gasteiger partial charge >= 0.3 is 6.03 Å². The molecule has 0 saturated carbocycles. The number of hydrogen-bond donors (Lipinski definition) is 3. The predicted molar refractivity (Wildman–Crippen MR) is 69.1 cm³/mol. The molecule has 0 aromatic rings. The summed E-state index contributed by atoms with van der Waals surface area (Å²) in [5.74, 6) is 1.11. The largest absolute Gasteiger partial charge is 0.338 e. The Hall–Kier alpha value is -0.820. The molecule has 0 aliphatic carbocycles. The summed E-state index contributed by atoms with van der Waals surface area (Å²) in [7, 11) is -2.88. The van der Waals surface area contributed by atoms with Crippen molar-refractivity contribution in [3.63, 3.8) is 0 Å². The summed E-state index contributed by atoms with van der Waals surface area (Å²) in [5, 5.41) is 8.70. The number of hydrogen-bond acceptors (Lipinski definition) is 4. The minimum Gasteiger partial charge on any atom is -0.338 e. The second-order valence-electron chi connectivity index (χ2n) is 5.24. The average Bonchev–Trinajstić information content (AvgIpc) is 2.23. The molecular weight excluding hydrogens is 254 g/mol. The lowest BCUT2D eigenvalue weighted by atomic mass is 10.0. The average molecular weight is 275 g/mol. The lowest BCUT2D eigenvalue weighted by molar-refractivity contribution is 0.233. The van der Waals surface area contributed by atoms with Crippen molar-refractivity contribution in [1.82, 2.24) is 16.0 Å². The molecule has 0 radical (unpaired) electrons. The Morgan fingerprint density at radius 2 is 1.83 bits per heavy atom. The molecule has 2 heterocycles. The van der Waals surface area contributed by atoms with Crippen molar-refractivity contribution in [1.29, 1.82) is 0 Å². The fourth-order valence-electron chi connectivity index (χ4n) is 2.31. The number of sulfone groups is 1. The SMILES string of the molecule is O=C(NCC1CNC1)NCC1CCCS(=O)(=O)C1. The normalized spacial score (nSPS) is 27.2. The highest BCUT2D eigenvalue weighted by Gasteiger charge is 2.25. The second-order valence-corrected chi connectivity index (χ2v) is 7.47. The van der Waals surface area contributed by atoms with Gasteiger partial charge in [0.25, 0.3) is 0 Å². The predicted octanol–water partition coefficient (Wildman–Crippen LogP) is -0.670. The van der Waals surface area contributed by atoms with Crippen LogP contribution in [-0.4, -0.2) is 52.1 Å². The summed E-state index contributed by atoms with van der Waals surface area (Å²) in [6.45, 7) is 3.05. The fraction of sp³-hybridized carbons (Fsp3) is 0.909. The summed E-state index contributed by atoms with van der Waals surface area (Å²) in [4.78, 5) is 11.5. The topological polar surface area (TPSA) is 87.3 Å². The second kappa shape index (κ2) is 5.88. The van der Waals surface area contributed by atoms with Crippen LogP contribution in [0.25, 0.3) is 0 Å². The Kier molecular flexibility index (Phi) is 4.45. The first-order valence-corrected chi connectivity index (χ1v) is 8.30. The van der Waals surface area contributed by atoms with Gasteiger partial charge in [-0.3, -0.25) is 0 Å². The molecule has 2 aliphatic rings. The van der Waals surface area contributed by atoms with Gasteiger partial charge in [-0.25, -0.2) is 13.2 Å². The van der Waals surface area contributed by atoms with Crippen molar-refractivity contribution < 1.29 is 13.2 Å². The lowest BCUT2D eigenvalue weighted by Crippen LogP contribution is -2.50. The van der Waals surface area contributed by atoms with E-state index in [0.717, 1.165) is 19.5 Å². The van der Waals surface area contributed by atoms with Crippen LogP contribution in [0.5, 0.6) is 0 Å². The number of carbonyl (C=O) groups is 1. The first kappa shape index (κ1) is 13.6. The van der Waals surface area contributed by atoms with Crippen molar-refractivity contribution in [2.75, 3.05) is 37.7 Å². The number of nitrogens with one attached hydrogen (secondary N) is 3. The van der Waals surface area contributed by atoms with Gasteiger partial charge in [-0.05, 0) is 18.8 Å². The molecule has 1 unspecified atom stereocenters. The molecule has 2 aliphatic heterocycles. The Bertz CT molecular complexity index is 392. The summed E-state index contributed by atoms with van der Waals surface area (Å²) in [6.07, 6.45) is 1.59. The summed E-state index contributed by atoms with van der Waals surface area (Å²) in [5.41, 5.74) is 0. The lowest BCUT2D eigenvalue weighted by Gasteiger charge is -2.27. The molecule has 2 rings (SSSR count). The van der Waals surface area contributed by atoms with Crippen molar-refractivity contribution in [2.24, 2.45) is 11.8 Å². The molecular formula is C11H21N3O3S. The van der Waals surface area contributed by atoms with E-state index in [2.05, 4.69) is 16.0 Å². The number of rotatable bonds is 4. The molecule has 0 spiro atoms. The maximum atomic E-state index is 11.5. The smallest absolute Gasteiger partial charge is 0.314 e. The maximum Gasteiger partial charge on any atom is 0.314 e. The minimum atomic E-state index is -2.88. The van der Waals surface area contributed by atoms with Crippen molar-refractivity contribution in [2.45, 2.75) is 12.8 Å². The molecule has 0 aromatic carbocycles. The third-order valence-corrected chi connectivity index (χ3v) is 5.42. The molecule has 0 bridgehead atoms. The van der Waals surface area contributed by atoms with E-state index in [0.29, 0.717) is 31.2 Å². The van der Waals surface area contributed by atoms with Crippen LogP contribution in [0.2, 0.25) is 0 Å². The molecule has 2 saturated heterocycles. The highest BCUT2D eigenvalue weighted by atomic mass is 32.2. The summed E-state index contributed by atoms with van der Waals surface area (Å²) < 4.78 is 22.9. The minimum absolute atomic E-state index is 0.0693. The van der Waals surface area contributed by atoms with E-state index < -0.39 is 9.84 Å². The highest BCUT2D eigenvalue weighted by Crippen LogP contribution is 2.17. The van der Waals surface area contributed by atoms with Crippen molar-refractivity contribution in [3.05, 3.63) is 0 Å². The van der Waals surface area contributed by atoms with Gasteiger partial charge in [0.1, 0.15) is 0 Å². The zero-order chi connectivity index (χ0) is 13.0. The highest BCUT2D eigenvalue weighted by molar-refractivity contribution is 7.91. The molecule has 0 aromatic heterocycles. The van der Waals surface area contributed by atoms with Crippen LogP contribution in [0.4, 0.5) is 4.79 Å². The Labute approximate surface area is 108 Å². The van der Waals surface area contributed by atoms with Crippen LogP contribution < -0.4 is 16.0 Å². The van der Waals surface area contributed by atoms with Crippen molar-refractivity contribution >= 4 is 15.9 Å². The number of amides is 2. The number of urea groups is 1. The van der Waals surface area contributed by atoms with Gasteiger partial charge in [-0.2, -0.15) is 0 Å². The van der Waals surface area contributed by atoms with E-state index in [1.54, 1.807) is 0 Å². The Morgan fingerprint density at radius 1 is 1.17 bits per heavy atom. The van der Waals surface area contributed by atoms with Crippen LogP contribution in [-0.2, 0) is 9.84 Å². The number of carbonyl (C=O) groups excluding carboxylic acids is 1. The van der Waals surface area contributed by atoms with E-state index in [1.807, 2.05) is 0 Å². The van der Waals surface area contributed by atoms with Gasteiger partial charge in [-0.1, -0.05) is 0 Å². The monoisotopic (exact) mass is 275 g/mol. The first-order valence-electron chi connectivity index (χ1n) is 6.48. The van der Waals surface area contributed by atoms with Gasteiger partial charge in [0.05, 0.1) is 11.5 Å². The molecule has 7 heteroatoms. The van der Waals surface area contributed by atoms with Gasteiger partial charge < -0.3 is 16.0 Å². The quantitative estimate of drug-likeness (QED) is 0.635. The standard InChI is InChI=1S/C11H21N3O3S/c15-11(14-7-10-4-12-5-10)13-6-9-2-1-3-18(16,17)8-9/h9-10,12H,1-8H2,(H2,13,14,15). The zero-order valence-corrected chi connectivity index (χ0v) is 11.3. The van der Waals surface area contributed by atoms with E-state index in [9.17, 15) is 13.2 Å². The molecule has 3 N–H and O–H groups in total. The van der Waals surface area contributed by atoms with Crippen LogP contribution in [0, 0.1) is 11.8 Å². The van der Waals surface area contributed by atoms with Gasteiger partial charge in [0.15, 0.2) is 9.84 Å². The van der Waals surface area contributed by atoms with Crippen molar-refractivity contribution in [3.8, 4) is 0 Å². The van der Waals surface area contributed by atoms with Crippen LogP contribution >= 0.6 is 0 Å². The maximum absolute atomic E-state index is 11.5. The van der Waals surface area contributed by atoms with Gasteiger partial charge in [0, 0.05) is 32.1 Å². The first-order chi connectivity index (χ1) is 8.55. The molecule has 6 nitrogen and oxygen atoms in total. The Balaban J connectivity index is 1.62. The van der Waals surface area contributed by atoms with E-state index in [-0.39, 0.29) is 17.7 Å². The molecule has 104 valence electrons. The fourth-order valence-corrected chi connectivity index (χ4v) is 4.08. The third-order valence-electron chi connectivity index (χ3n) is 3.53. The van der Waals surface area contributed by atoms with Crippen LogP contribution in [0.3, 0.4) is 0 Å². The van der Waals surface area contributed by atoms with E-state index in [4.69, 9.17) is 0 Å². The molecule has 2 fully saturated rings. The van der Waals surface area contributed by atoms with E-state index >= 15 is 0 Å². The van der Waals surface area contributed by atoms with Crippen LogP contribution in [0.15, 0.2) is 0 Å². The van der Waals surface area contributed by atoms with Crippen LogP contribution in [0.1, 0.15) is 12.8 Å². The van der Waals surface area contributed by atoms with Gasteiger partial charge in [0.2, 0.25) is 0 Å². The van der Waals surface area contributed by atoms with Gasteiger partial charge in [-0.15, -0.1) is 0 Å².